The first-order valence-corrected chi connectivity index (χ1v) is 5.81. The molecule has 1 heterocycles. The second kappa shape index (κ2) is 5.07. The summed E-state index contributed by atoms with van der Waals surface area (Å²) in [7, 11) is 0. The fraction of sp³-hybridized carbons (Fsp3) is 0.167. The molecule has 0 radical (unpaired) electrons. The standard InChI is InChI=1S/C12H11BrN2O/c13-10-4-2-1-3-9(10)5-6-11-12(7-16)15-8-14-11/h1-4,7-8H,5-6H2,(H,14,15). The van der Waals surface area contributed by atoms with Gasteiger partial charge in [0.05, 0.1) is 6.33 Å². The first kappa shape index (κ1) is 11.1. The quantitative estimate of drug-likeness (QED) is 0.875. The molecule has 0 saturated carbocycles. The highest BCUT2D eigenvalue weighted by Gasteiger charge is 2.05. The molecule has 0 saturated heterocycles. The second-order valence-electron chi connectivity index (χ2n) is 3.48. The molecule has 0 aliphatic heterocycles. The lowest BCUT2D eigenvalue weighted by Crippen LogP contribution is -1.96. The number of aromatic amines is 1. The number of aldehydes is 1. The number of hydrogen-bond acceptors (Lipinski definition) is 2. The van der Waals surface area contributed by atoms with Gasteiger partial charge in [-0.1, -0.05) is 34.1 Å². The van der Waals surface area contributed by atoms with E-state index in [1.165, 1.54) is 5.56 Å². The average molecular weight is 279 g/mol. The van der Waals surface area contributed by atoms with Gasteiger partial charge < -0.3 is 4.98 Å². The topological polar surface area (TPSA) is 45.8 Å². The molecule has 2 rings (SSSR count). The van der Waals surface area contributed by atoms with Crippen molar-refractivity contribution in [1.29, 1.82) is 0 Å². The minimum Gasteiger partial charge on any atom is -0.348 e. The molecule has 1 aromatic heterocycles. The van der Waals surface area contributed by atoms with Crippen LogP contribution in [-0.2, 0) is 12.8 Å². The van der Waals surface area contributed by atoms with E-state index < -0.39 is 0 Å². The molecule has 3 nitrogen and oxygen atoms in total. The zero-order valence-electron chi connectivity index (χ0n) is 8.61. The Hall–Kier alpha value is -1.42. The summed E-state index contributed by atoms with van der Waals surface area (Å²) in [6, 6.07) is 8.08. The van der Waals surface area contributed by atoms with Gasteiger partial charge >= 0.3 is 0 Å². The summed E-state index contributed by atoms with van der Waals surface area (Å²) in [6.07, 6.45) is 4.01. The third-order valence-corrected chi connectivity index (χ3v) is 3.24. The first-order valence-electron chi connectivity index (χ1n) is 5.02. The number of benzene rings is 1. The van der Waals surface area contributed by atoms with Crippen LogP contribution in [0.25, 0.3) is 0 Å². The monoisotopic (exact) mass is 278 g/mol. The molecule has 0 atom stereocenters. The molecule has 0 aliphatic rings. The predicted octanol–water partition coefficient (Wildman–Crippen LogP) is 2.77. The van der Waals surface area contributed by atoms with E-state index in [1.807, 2.05) is 18.2 Å². The normalized spacial score (nSPS) is 10.3. The van der Waals surface area contributed by atoms with Gasteiger partial charge in [-0.15, -0.1) is 0 Å². The molecule has 16 heavy (non-hydrogen) atoms. The minimum absolute atomic E-state index is 0.507. The Balaban J connectivity index is 2.08. The van der Waals surface area contributed by atoms with Gasteiger partial charge in [0.25, 0.3) is 0 Å². The van der Waals surface area contributed by atoms with E-state index in [-0.39, 0.29) is 0 Å². The van der Waals surface area contributed by atoms with Crippen molar-refractivity contribution in [3.8, 4) is 0 Å². The van der Waals surface area contributed by atoms with Crippen molar-refractivity contribution in [1.82, 2.24) is 9.97 Å². The molecule has 0 amide bonds. The minimum atomic E-state index is 0.507. The van der Waals surface area contributed by atoms with Gasteiger partial charge in [-0.2, -0.15) is 0 Å². The van der Waals surface area contributed by atoms with E-state index in [0.717, 1.165) is 29.3 Å². The van der Waals surface area contributed by atoms with Crippen LogP contribution in [0.2, 0.25) is 0 Å². The van der Waals surface area contributed by atoms with E-state index in [9.17, 15) is 4.79 Å². The van der Waals surface area contributed by atoms with Crippen molar-refractivity contribution in [2.24, 2.45) is 0 Å². The highest BCUT2D eigenvalue weighted by Crippen LogP contribution is 2.17. The van der Waals surface area contributed by atoms with Gasteiger partial charge in [-0.05, 0) is 24.5 Å². The van der Waals surface area contributed by atoms with Gasteiger partial charge in [0, 0.05) is 10.2 Å². The Morgan fingerprint density at radius 1 is 1.31 bits per heavy atom. The SMILES string of the molecule is O=Cc1nc[nH]c1CCc1ccccc1Br. The van der Waals surface area contributed by atoms with Crippen molar-refractivity contribution < 1.29 is 4.79 Å². The molecule has 4 heteroatoms. The van der Waals surface area contributed by atoms with Crippen LogP contribution in [0.5, 0.6) is 0 Å². The summed E-state index contributed by atoms with van der Waals surface area (Å²) in [5, 5.41) is 0. The maximum Gasteiger partial charge on any atom is 0.170 e. The van der Waals surface area contributed by atoms with Crippen LogP contribution in [0.15, 0.2) is 35.1 Å². The number of nitrogens with zero attached hydrogens (tertiary/aromatic N) is 1. The van der Waals surface area contributed by atoms with E-state index in [2.05, 4.69) is 32.0 Å². The predicted molar refractivity (Wildman–Crippen MR) is 65.5 cm³/mol. The molecule has 0 fully saturated rings. The summed E-state index contributed by atoms with van der Waals surface area (Å²) in [4.78, 5) is 17.6. The number of aromatic nitrogens is 2. The van der Waals surface area contributed by atoms with Crippen LogP contribution in [0, 0.1) is 0 Å². The number of H-pyrrole nitrogens is 1. The molecule has 0 spiro atoms. The van der Waals surface area contributed by atoms with Crippen LogP contribution in [0.4, 0.5) is 0 Å². The summed E-state index contributed by atoms with van der Waals surface area (Å²) in [6.45, 7) is 0. The molecule has 1 N–H and O–H groups in total. The highest BCUT2D eigenvalue weighted by molar-refractivity contribution is 9.10. The molecular weight excluding hydrogens is 268 g/mol. The highest BCUT2D eigenvalue weighted by atomic mass is 79.9. The molecule has 82 valence electrons. The Kier molecular flexibility index (Phi) is 3.51. The third kappa shape index (κ3) is 2.39. The maximum atomic E-state index is 10.7. The lowest BCUT2D eigenvalue weighted by molar-refractivity contribution is 0.111. The summed E-state index contributed by atoms with van der Waals surface area (Å²) >= 11 is 3.50. The number of hydrogen-bond donors (Lipinski definition) is 1. The number of carbonyl (C=O) groups excluding carboxylic acids is 1. The lowest BCUT2D eigenvalue weighted by atomic mass is 10.1. The molecule has 0 bridgehead atoms. The molecule has 0 aliphatic carbocycles. The zero-order valence-corrected chi connectivity index (χ0v) is 10.2. The van der Waals surface area contributed by atoms with E-state index in [1.54, 1.807) is 6.33 Å². The Morgan fingerprint density at radius 2 is 2.12 bits per heavy atom. The second-order valence-corrected chi connectivity index (χ2v) is 4.33. The Bertz CT molecular complexity index is 493. The lowest BCUT2D eigenvalue weighted by Gasteiger charge is -2.03. The van der Waals surface area contributed by atoms with Gasteiger partial charge in [0.1, 0.15) is 5.69 Å². The van der Waals surface area contributed by atoms with Crippen molar-refractivity contribution >= 4 is 22.2 Å². The molecule has 0 unspecified atom stereocenters. The summed E-state index contributed by atoms with van der Waals surface area (Å²) < 4.78 is 1.10. The van der Waals surface area contributed by atoms with Crippen molar-refractivity contribution in [2.75, 3.05) is 0 Å². The number of halogens is 1. The zero-order chi connectivity index (χ0) is 11.4. The molecule has 1 aromatic carbocycles. The average Bonchev–Trinajstić information content (AvgIpc) is 2.75. The van der Waals surface area contributed by atoms with E-state index >= 15 is 0 Å². The summed E-state index contributed by atoms with van der Waals surface area (Å²) in [5.74, 6) is 0. The fourth-order valence-electron chi connectivity index (χ4n) is 1.59. The third-order valence-electron chi connectivity index (χ3n) is 2.47. The molecule has 2 aromatic rings. The number of imidazole rings is 1. The van der Waals surface area contributed by atoms with Crippen molar-refractivity contribution in [2.45, 2.75) is 12.8 Å². The van der Waals surface area contributed by atoms with Gasteiger partial charge in [0.2, 0.25) is 0 Å². The van der Waals surface area contributed by atoms with E-state index in [0.29, 0.717) is 5.69 Å². The van der Waals surface area contributed by atoms with Gasteiger partial charge in [0.15, 0.2) is 6.29 Å². The number of carbonyl (C=O) groups is 1. The smallest absolute Gasteiger partial charge is 0.170 e. The van der Waals surface area contributed by atoms with Crippen LogP contribution in [-0.4, -0.2) is 16.3 Å². The van der Waals surface area contributed by atoms with Crippen LogP contribution < -0.4 is 0 Å². The number of rotatable bonds is 4. The van der Waals surface area contributed by atoms with Gasteiger partial charge in [-0.25, -0.2) is 4.98 Å². The largest absolute Gasteiger partial charge is 0.348 e. The van der Waals surface area contributed by atoms with Crippen molar-refractivity contribution in [3.05, 3.63) is 52.0 Å². The van der Waals surface area contributed by atoms with Gasteiger partial charge in [-0.3, -0.25) is 4.79 Å². The van der Waals surface area contributed by atoms with Crippen LogP contribution >= 0.6 is 15.9 Å². The van der Waals surface area contributed by atoms with Crippen LogP contribution in [0.1, 0.15) is 21.7 Å². The maximum absolute atomic E-state index is 10.7. The van der Waals surface area contributed by atoms with E-state index in [4.69, 9.17) is 0 Å². The number of nitrogens with one attached hydrogen (secondary N) is 1. The number of aryl methyl sites for hydroxylation is 2. The Morgan fingerprint density at radius 3 is 2.88 bits per heavy atom. The van der Waals surface area contributed by atoms with Crippen LogP contribution in [0.3, 0.4) is 0 Å². The first-order chi connectivity index (χ1) is 7.81. The fourth-order valence-corrected chi connectivity index (χ4v) is 2.08. The summed E-state index contributed by atoms with van der Waals surface area (Å²) in [5.41, 5.74) is 2.63. The molecular formula is C12H11BrN2O. The van der Waals surface area contributed by atoms with Crippen molar-refractivity contribution in [3.63, 3.8) is 0 Å². The Labute approximate surface area is 102 Å².